The number of benzene rings is 5. The molecule has 232 valence electrons. The van der Waals surface area contributed by atoms with Gasteiger partial charge in [-0.25, -0.2) is 9.97 Å². The molecule has 49 heavy (non-hydrogen) atoms. The van der Waals surface area contributed by atoms with E-state index < -0.39 is 0 Å². The first-order chi connectivity index (χ1) is 24.3. The Morgan fingerprint density at radius 3 is 1.39 bits per heavy atom. The summed E-state index contributed by atoms with van der Waals surface area (Å²) in [5.74, 6) is 1.89. The highest BCUT2D eigenvalue weighted by atomic mass is 15.1. The molecule has 0 N–H and O–H groups in total. The number of fused-ring (bicyclic) bond motifs is 8. The number of aromatic nitrogens is 5. The largest absolute Gasteiger partial charge is 0.309 e. The van der Waals surface area contributed by atoms with Crippen molar-refractivity contribution in [3.8, 4) is 17.3 Å². The van der Waals surface area contributed by atoms with Crippen LogP contribution in [-0.4, -0.2) is 23.7 Å². The predicted molar refractivity (Wildman–Crippen MR) is 202 cm³/mol. The van der Waals surface area contributed by atoms with E-state index in [9.17, 15) is 0 Å². The van der Waals surface area contributed by atoms with Gasteiger partial charge in [-0.3, -0.25) is 9.13 Å². The zero-order valence-electron chi connectivity index (χ0n) is 26.8. The van der Waals surface area contributed by atoms with Crippen molar-refractivity contribution >= 4 is 65.4 Å². The van der Waals surface area contributed by atoms with Crippen LogP contribution in [0.15, 0.2) is 140 Å². The molecule has 0 fully saturated rings. The number of hydrogen-bond acceptors (Lipinski definition) is 2. The lowest BCUT2D eigenvalue weighted by molar-refractivity contribution is 0.730. The topological polar surface area (TPSA) is 40.6 Å². The average molecular weight is 630 g/mol. The van der Waals surface area contributed by atoms with Gasteiger partial charge >= 0.3 is 0 Å². The van der Waals surface area contributed by atoms with Gasteiger partial charge in [0.15, 0.2) is 0 Å². The molecule has 5 aromatic heterocycles. The van der Waals surface area contributed by atoms with Gasteiger partial charge in [0, 0.05) is 50.4 Å². The van der Waals surface area contributed by atoms with Crippen molar-refractivity contribution in [2.75, 3.05) is 0 Å². The van der Waals surface area contributed by atoms with Gasteiger partial charge in [0.1, 0.15) is 11.6 Å². The van der Waals surface area contributed by atoms with Crippen LogP contribution < -0.4 is 0 Å². The highest BCUT2D eigenvalue weighted by molar-refractivity contribution is 6.19. The Bertz CT molecular complexity index is 2920. The van der Waals surface area contributed by atoms with Crippen molar-refractivity contribution in [3.05, 3.63) is 151 Å². The van der Waals surface area contributed by atoms with Crippen molar-refractivity contribution in [2.45, 2.75) is 25.7 Å². The lowest BCUT2D eigenvalue weighted by atomic mass is 10.1. The lowest BCUT2D eigenvalue weighted by Crippen LogP contribution is -2.00. The van der Waals surface area contributed by atoms with Gasteiger partial charge in [0.2, 0.25) is 0 Å². The molecule has 5 heteroatoms. The summed E-state index contributed by atoms with van der Waals surface area (Å²) in [5, 5.41) is 7.41. The van der Waals surface area contributed by atoms with Crippen LogP contribution >= 0.6 is 0 Å². The maximum atomic E-state index is 5.07. The highest BCUT2D eigenvalue weighted by Gasteiger charge is 2.20. The molecular formula is C44H31N5. The van der Waals surface area contributed by atoms with Gasteiger partial charge in [0.05, 0.1) is 33.1 Å². The van der Waals surface area contributed by atoms with E-state index in [2.05, 4.69) is 153 Å². The van der Waals surface area contributed by atoms with Gasteiger partial charge in [-0.05, 0) is 91.4 Å². The monoisotopic (exact) mass is 629 g/mol. The van der Waals surface area contributed by atoms with Gasteiger partial charge in [-0.15, -0.1) is 0 Å². The second kappa shape index (κ2) is 10.1. The van der Waals surface area contributed by atoms with Gasteiger partial charge in [0.25, 0.3) is 0 Å². The molecule has 5 nitrogen and oxygen atoms in total. The number of nitrogens with zero attached hydrogens (tertiary/aromatic N) is 5. The van der Waals surface area contributed by atoms with Gasteiger partial charge in [-0.1, -0.05) is 72.8 Å². The Morgan fingerprint density at radius 2 is 0.837 bits per heavy atom. The summed E-state index contributed by atoms with van der Waals surface area (Å²) in [6.07, 6.45) is 8.37. The average Bonchev–Trinajstić information content (AvgIpc) is 3.78. The first-order valence-corrected chi connectivity index (χ1v) is 17.2. The Morgan fingerprint density at radius 1 is 0.367 bits per heavy atom. The van der Waals surface area contributed by atoms with E-state index in [-0.39, 0.29) is 0 Å². The third-order valence-corrected chi connectivity index (χ3v) is 10.6. The molecule has 0 amide bonds. The summed E-state index contributed by atoms with van der Waals surface area (Å²) < 4.78 is 7.11. The number of hydrogen-bond donors (Lipinski definition) is 0. The molecule has 8 heterocycles. The fraction of sp³-hybridized carbons (Fsp3) is 0.0909. The van der Waals surface area contributed by atoms with Crippen molar-refractivity contribution < 1.29 is 0 Å². The Balaban J connectivity index is 1.28. The molecule has 13 rings (SSSR count). The first-order valence-electron chi connectivity index (χ1n) is 17.2. The maximum absolute atomic E-state index is 5.07. The highest BCUT2D eigenvalue weighted by Crippen LogP contribution is 2.40. The molecule has 0 spiro atoms. The van der Waals surface area contributed by atoms with Gasteiger partial charge < -0.3 is 4.57 Å². The second-order valence-electron chi connectivity index (χ2n) is 13.4. The van der Waals surface area contributed by atoms with Gasteiger partial charge in [-0.2, -0.15) is 0 Å². The SMILES string of the molecule is c1ccc2c(c1)c1cc3c4ccccc4n4c3cc1n2-c1ccc2c3ccccc3n(c2c1)-c1ccc(cn1)CCCCc1ccc-4nc1. The zero-order valence-corrected chi connectivity index (χ0v) is 26.8. The van der Waals surface area contributed by atoms with E-state index in [0.717, 1.165) is 54.0 Å². The van der Waals surface area contributed by atoms with Crippen LogP contribution in [0.4, 0.5) is 0 Å². The van der Waals surface area contributed by atoms with Crippen molar-refractivity contribution in [2.24, 2.45) is 0 Å². The molecule has 5 aromatic carbocycles. The minimum atomic E-state index is 0.942. The fourth-order valence-electron chi connectivity index (χ4n) is 8.35. The normalized spacial score (nSPS) is 13.4. The Labute approximate surface area is 282 Å². The van der Waals surface area contributed by atoms with Crippen LogP contribution in [0.1, 0.15) is 24.0 Å². The summed E-state index contributed by atoms with van der Waals surface area (Å²) in [7, 11) is 0. The fourth-order valence-corrected chi connectivity index (χ4v) is 8.35. The minimum Gasteiger partial charge on any atom is -0.309 e. The quantitative estimate of drug-likeness (QED) is 0.167. The first kappa shape index (κ1) is 26.8. The predicted octanol–water partition coefficient (Wildman–Crippen LogP) is 10.6. The van der Waals surface area contributed by atoms with E-state index >= 15 is 0 Å². The summed E-state index contributed by atoms with van der Waals surface area (Å²) in [4.78, 5) is 10.1. The second-order valence-corrected chi connectivity index (χ2v) is 13.4. The van der Waals surface area contributed by atoms with E-state index in [0.29, 0.717) is 0 Å². The van der Waals surface area contributed by atoms with Crippen molar-refractivity contribution in [1.29, 1.82) is 0 Å². The van der Waals surface area contributed by atoms with E-state index in [4.69, 9.17) is 9.97 Å². The van der Waals surface area contributed by atoms with Crippen LogP contribution in [0, 0.1) is 0 Å². The van der Waals surface area contributed by atoms with Crippen LogP contribution in [0.25, 0.3) is 82.7 Å². The van der Waals surface area contributed by atoms with Crippen LogP contribution in [0.3, 0.4) is 0 Å². The molecule has 10 aromatic rings. The van der Waals surface area contributed by atoms with Crippen LogP contribution in [-0.2, 0) is 12.8 Å². The summed E-state index contributed by atoms with van der Waals surface area (Å²) in [6, 6.07) is 46.8. The third-order valence-electron chi connectivity index (χ3n) is 10.6. The zero-order chi connectivity index (χ0) is 32.1. The van der Waals surface area contributed by atoms with E-state index in [1.807, 2.05) is 0 Å². The Kier molecular flexibility index (Phi) is 5.56. The summed E-state index contributed by atoms with van der Waals surface area (Å²) in [5.41, 5.74) is 10.7. The van der Waals surface area contributed by atoms with E-state index in [1.54, 1.807) is 0 Å². The van der Waals surface area contributed by atoms with Crippen molar-refractivity contribution in [3.63, 3.8) is 0 Å². The molecule has 0 saturated heterocycles. The molecule has 0 aliphatic carbocycles. The third kappa shape index (κ3) is 3.87. The van der Waals surface area contributed by atoms with Crippen LogP contribution in [0.5, 0.6) is 0 Å². The standard InChI is InChI=1S/C44H31N5/c1-2-10-29-18-22-44(46-27-29)49-39-16-8-5-13-33(39)36-24-35-32-12-4-6-14-37(32)47(41(35)25-42(36)49)30-19-20-34-31-11-3-7-15-38(31)48(40(34)23-30)43-21-17-28(9-1)26-45-43/h3-8,11-27H,1-2,9-10H2. The van der Waals surface area contributed by atoms with Crippen LogP contribution in [0.2, 0.25) is 0 Å². The number of pyridine rings is 2. The molecule has 3 aliphatic heterocycles. The molecule has 0 unspecified atom stereocenters. The minimum absolute atomic E-state index is 0.942. The summed E-state index contributed by atoms with van der Waals surface area (Å²) in [6.45, 7) is 0. The molecular weight excluding hydrogens is 599 g/mol. The molecule has 0 saturated carbocycles. The molecule has 3 aliphatic rings. The summed E-state index contributed by atoms with van der Waals surface area (Å²) >= 11 is 0. The van der Waals surface area contributed by atoms with Crippen molar-refractivity contribution in [1.82, 2.24) is 23.7 Å². The smallest absolute Gasteiger partial charge is 0.137 e. The maximum Gasteiger partial charge on any atom is 0.137 e. The molecule has 8 bridgehead atoms. The van der Waals surface area contributed by atoms with E-state index in [1.165, 1.54) is 65.5 Å². The molecule has 0 radical (unpaired) electrons. The Hall–Kier alpha value is -6.20. The lowest BCUT2D eigenvalue weighted by Gasteiger charge is -2.12. The molecule has 0 atom stereocenters. The number of para-hydroxylation sites is 3. The number of aryl methyl sites for hydroxylation is 2. The number of rotatable bonds is 0.